The largest absolute Gasteiger partial charge is 0.398 e. The number of hydrogen-bond acceptors (Lipinski definition) is 4. The molecular weight excluding hydrogens is 281 g/mol. The lowest BCUT2D eigenvalue weighted by atomic mass is 10.2. The van der Waals surface area contributed by atoms with Gasteiger partial charge < -0.3 is 5.73 Å². The summed E-state index contributed by atoms with van der Waals surface area (Å²) in [6.07, 6.45) is 1.59. The predicted octanol–water partition coefficient (Wildman–Crippen LogP) is 1.59. The van der Waals surface area contributed by atoms with Gasteiger partial charge in [0.25, 0.3) is 0 Å². The van der Waals surface area contributed by atoms with Gasteiger partial charge in [0.15, 0.2) is 0 Å². The lowest BCUT2D eigenvalue weighted by Gasteiger charge is -2.09. The molecule has 0 unspecified atom stereocenters. The quantitative estimate of drug-likeness (QED) is 0.839. The predicted molar refractivity (Wildman–Crippen MR) is 73.8 cm³/mol. The summed E-state index contributed by atoms with van der Waals surface area (Å²) in [5, 5.41) is 0. The number of nitrogen functional groups attached to an aromatic ring is 1. The molecule has 0 saturated carbocycles. The first-order valence-electron chi connectivity index (χ1n) is 5.85. The Labute approximate surface area is 116 Å². The van der Waals surface area contributed by atoms with Crippen LogP contribution in [0.25, 0.3) is 0 Å². The summed E-state index contributed by atoms with van der Waals surface area (Å²) >= 11 is 0. The standard InChI is InChI=1S/C13H14FN3O2S/c1-9-2-3-10(7-16-9)8-17-20(18,19)13-5-4-11(14)6-12(13)15/h2-7,17H,8,15H2,1H3. The van der Waals surface area contributed by atoms with Crippen molar-refractivity contribution < 1.29 is 12.8 Å². The molecule has 20 heavy (non-hydrogen) atoms. The summed E-state index contributed by atoms with van der Waals surface area (Å²) < 4.78 is 39.5. The molecule has 1 heterocycles. The third-order valence-corrected chi connectivity index (χ3v) is 4.18. The number of rotatable bonds is 4. The molecule has 0 bridgehead atoms. The molecule has 7 heteroatoms. The topological polar surface area (TPSA) is 85.1 Å². The second kappa shape index (κ2) is 5.56. The van der Waals surface area contributed by atoms with Crippen LogP contribution in [0.4, 0.5) is 10.1 Å². The number of hydrogen-bond donors (Lipinski definition) is 2. The van der Waals surface area contributed by atoms with E-state index < -0.39 is 15.8 Å². The van der Waals surface area contributed by atoms with E-state index in [-0.39, 0.29) is 17.1 Å². The SMILES string of the molecule is Cc1ccc(CNS(=O)(=O)c2ccc(F)cc2N)cn1. The molecule has 106 valence electrons. The molecule has 1 aromatic heterocycles. The van der Waals surface area contributed by atoms with Crippen LogP contribution in [0.3, 0.4) is 0 Å². The lowest BCUT2D eigenvalue weighted by Crippen LogP contribution is -2.24. The lowest BCUT2D eigenvalue weighted by molar-refractivity contribution is 0.581. The summed E-state index contributed by atoms with van der Waals surface area (Å²) in [7, 11) is -3.79. The maximum atomic E-state index is 12.9. The van der Waals surface area contributed by atoms with E-state index >= 15 is 0 Å². The Balaban J connectivity index is 2.17. The van der Waals surface area contributed by atoms with Gasteiger partial charge in [-0.2, -0.15) is 0 Å². The molecule has 0 radical (unpaired) electrons. The van der Waals surface area contributed by atoms with Crippen molar-refractivity contribution in [3.8, 4) is 0 Å². The molecule has 0 atom stereocenters. The van der Waals surface area contributed by atoms with Gasteiger partial charge in [-0.3, -0.25) is 4.98 Å². The second-order valence-electron chi connectivity index (χ2n) is 4.31. The summed E-state index contributed by atoms with van der Waals surface area (Å²) in [4.78, 5) is 3.93. The second-order valence-corrected chi connectivity index (χ2v) is 6.05. The van der Waals surface area contributed by atoms with Gasteiger partial charge in [0.2, 0.25) is 10.0 Å². The van der Waals surface area contributed by atoms with Crippen LogP contribution in [0.1, 0.15) is 11.3 Å². The van der Waals surface area contributed by atoms with Crippen LogP contribution >= 0.6 is 0 Å². The third-order valence-electron chi connectivity index (χ3n) is 2.70. The van der Waals surface area contributed by atoms with Crippen LogP contribution in [0.2, 0.25) is 0 Å². The Kier molecular flexibility index (Phi) is 4.01. The fraction of sp³-hybridized carbons (Fsp3) is 0.154. The highest BCUT2D eigenvalue weighted by molar-refractivity contribution is 7.89. The number of nitrogens with one attached hydrogen (secondary N) is 1. The van der Waals surface area contributed by atoms with E-state index in [0.717, 1.165) is 29.5 Å². The minimum absolute atomic E-state index is 0.0897. The van der Waals surface area contributed by atoms with E-state index in [1.54, 1.807) is 18.3 Å². The molecule has 0 aliphatic rings. The summed E-state index contributed by atoms with van der Waals surface area (Å²) in [6.45, 7) is 1.93. The van der Waals surface area contributed by atoms with Crippen LogP contribution < -0.4 is 10.5 Å². The number of nitrogens with zero attached hydrogens (tertiary/aromatic N) is 1. The highest BCUT2D eigenvalue weighted by atomic mass is 32.2. The maximum Gasteiger partial charge on any atom is 0.242 e. The molecule has 0 fully saturated rings. The summed E-state index contributed by atoms with van der Waals surface area (Å²) in [5.74, 6) is -0.579. The van der Waals surface area contributed by atoms with E-state index in [9.17, 15) is 12.8 Å². The Bertz CT molecular complexity index is 715. The fourth-order valence-corrected chi connectivity index (χ4v) is 2.75. The zero-order valence-corrected chi connectivity index (χ0v) is 11.6. The van der Waals surface area contributed by atoms with Crippen LogP contribution in [0.5, 0.6) is 0 Å². The van der Waals surface area contributed by atoms with Gasteiger partial charge in [-0.15, -0.1) is 0 Å². The number of pyridine rings is 1. The summed E-state index contributed by atoms with van der Waals surface area (Å²) in [6, 6.07) is 6.73. The number of sulfonamides is 1. The van der Waals surface area contributed by atoms with Crippen LogP contribution in [-0.4, -0.2) is 13.4 Å². The van der Waals surface area contributed by atoms with Crippen molar-refractivity contribution in [2.24, 2.45) is 0 Å². The number of halogens is 1. The Hall–Kier alpha value is -1.99. The van der Waals surface area contributed by atoms with Crippen molar-refractivity contribution in [3.05, 3.63) is 53.6 Å². The van der Waals surface area contributed by atoms with Gasteiger partial charge in [-0.1, -0.05) is 6.07 Å². The Morgan fingerprint density at radius 3 is 2.65 bits per heavy atom. The highest BCUT2D eigenvalue weighted by Crippen LogP contribution is 2.19. The molecule has 0 spiro atoms. The monoisotopic (exact) mass is 295 g/mol. The zero-order chi connectivity index (χ0) is 14.8. The van der Waals surface area contributed by atoms with Gasteiger partial charge in [0, 0.05) is 18.4 Å². The molecule has 3 N–H and O–H groups in total. The van der Waals surface area contributed by atoms with Gasteiger partial charge in [-0.05, 0) is 36.8 Å². The first-order valence-corrected chi connectivity index (χ1v) is 7.33. The molecule has 0 saturated heterocycles. The smallest absolute Gasteiger partial charge is 0.242 e. The van der Waals surface area contributed by atoms with Gasteiger partial charge >= 0.3 is 0 Å². The number of aryl methyl sites for hydroxylation is 1. The molecule has 0 aliphatic heterocycles. The number of nitrogens with two attached hydrogens (primary N) is 1. The van der Waals surface area contributed by atoms with Crippen molar-refractivity contribution in [2.45, 2.75) is 18.4 Å². The van der Waals surface area contributed by atoms with Crippen LogP contribution in [0.15, 0.2) is 41.4 Å². The molecule has 0 amide bonds. The van der Waals surface area contributed by atoms with E-state index in [4.69, 9.17) is 5.73 Å². The van der Waals surface area contributed by atoms with E-state index in [0.29, 0.717) is 0 Å². The third kappa shape index (κ3) is 3.31. The fourth-order valence-electron chi connectivity index (χ4n) is 1.62. The van der Waals surface area contributed by atoms with E-state index in [2.05, 4.69) is 9.71 Å². The Morgan fingerprint density at radius 1 is 1.30 bits per heavy atom. The molecule has 2 aromatic rings. The van der Waals surface area contributed by atoms with Crippen molar-refractivity contribution in [1.82, 2.24) is 9.71 Å². The van der Waals surface area contributed by atoms with E-state index in [1.165, 1.54) is 0 Å². The molecule has 0 aliphatic carbocycles. The van der Waals surface area contributed by atoms with Crippen LogP contribution in [-0.2, 0) is 16.6 Å². The first-order chi connectivity index (χ1) is 9.38. The first kappa shape index (κ1) is 14.4. The maximum absolute atomic E-state index is 12.9. The number of anilines is 1. The summed E-state index contributed by atoms with van der Waals surface area (Å²) in [5.41, 5.74) is 6.97. The number of benzene rings is 1. The highest BCUT2D eigenvalue weighted by Gasteiger charge is 2.17. The van der Waals surface area contributed by atoms with Gasteiger partial charge in [-0.25, -0.2) is 17.5 Å². The van der Waals surface area contributed by atoms with E-state index in [1.807, 2.05) is 6.92 Å². The minimum atomic E-state index is -3.79. The zero-order valence-electron chi connectivity index (χ0n) is 10.8. The van der Waals surface area contributed by atoms with Crippen LogP contribution in [0, 0.1) is 12.7 Å². The van der Waals surface area contributed by atoms with Crippen molar-refractivity contribution in [3.63, 3.8) is 0 Å². The normalized spacial score (nSPS) is 11.5. The molecule has 2 rings (SSSR count). The average Bonchev–Trinajstić information content (AvgIpc) is 2.37. The van der Waals surface area contributed by atoms with Gasteiger partial charge in [0.1, 0.15) is 10.7 Å². The molecule has 5 nitrogen and oxygen atoms in total. The molecular formula is C13H14FN3O2S. The Morgan fingerprint density at radius 2 is 2.05 bits per heavy atom. The average molecular weight is 295 g/mol. The number of aromatic nitrogens is 1. The van der Waals surface area contributed by atoms with Crippen molar-refractivity contribution in [2.75, 3.05) is 5.73 Å². The van der Waals surface area contributed by atoms with Gasteiger partial charge in [0.05, 0.1) is 5.69 Å². The minimum Gasteiger partial charge on any atom is -0.398 e. The molecule has 1 aromatic carbocycles. The van der Waals surface area contributed by atoms with Crippen molar-refractivity contribution in [1.29, 1.82) is 0 Å². The van der Waals surface area contributed by atoms with Crippen molar-refractivity contribution >= 4 is 15.7 Å².